The average Bonchev–Trinajstić information content (AvgIpc) is 2.68. The molecule has 1 aliphatic rings. The van der Waals surface area contributed by atoms with Crippen molar-refractivity contribution in [1.29, 1.82) is 0 Å². The van der Waals surface area contributed by atoms with E-state index in [1.165, 1.54) is 23.8 Å². The molecule has 0 saturated heterocycles. The van der Waals surface area contributed by atoms with Crippen LogP contribution in [0.2, 0.25) is 0 Å². The van der Waals surface area contributed by atoms with Crippen LogP contribution < -0.4 is 5.32 Å². The summed E-state index contributed by atoms with van der Waals surface area (Å²) >= 11 is 0. The third-order valence-corrected chi connectivity index (χ3v) is 3.10. The summed E-state index contributed by atoms with van der Waals surface area (Å²) in [6.07, 6.45) is 2.16. The van der Waals surface area contributed by atoms with Crippen molar-refractivity contribution < 1.29 is 9.53 Å². The van der Waals surface area contributed by atoms with Crippen molar-refractivity contribution >= 4 is 5.97 Å². The molecule has 86 valence electrons. The van der Waals surface area contributed by atoms with Gasteiger partial charge < -0.3 is 10.1 Å². The minimum atomic E-state index is -0.207. The van der Waals surface area contributed by atoms with Crippen LogP contribution in [-0.2, 0) is 16.0 Å². The summed E-state index contributed by atoms with van der Waals surface area (Å²) in [5, 5.41) is 3.24. The van der Waals surface area contributed by atoms with Crippen LogP contribution in [0.15, 0.2) is 18.2 Å². The number of fused-ring (bicyclic) bond motifs is 1. The maximum absolute atomic E-state index is 11.1. The van der Waals surface area contributed by atoms with Crippen LogP contribution >= 0.6 is 0 Å². The Hall–Kier alpha value is -1.35. The van der Waals surface area contributed by atoms with E-state index in [-0.39, 0.29) is 12.5 Å². The molecule has 3 nitrogen and oxygen atoms in total. The number of ether oxygens (including phenoxy) is 1. The van der Waals surface area contributed by atoms with E-state index in [2.05, 4.69) is 35.2 Å². The largest absolute Gasteiger partial charge is 0.468 e. The zero-order valence-corrected chi connectivity index (χ0v) is 9.75. The molecule has 1 N–H and O–H groups in total. The fourth-order valence-corrected chi connectivity index (χ4v) is 2.21. The number of hydrogen-bond donors (Lipinski definition) is 1. The molecule has 0 aromatic heterocycles. The molecule has 0 fully saturated rings. The first-order valence-electron chi connectivity index (χ1n) is 5.60. The number of rotatable bonds is 3. The van der Waals surface area contributed by atoms with E-state index in [9.17, 15) is 4.79 Å². The highest BCUT2D eigenvalue weighted by atomic mass is 16.5. The number of hydrogen-bond acceptors (Lipinski definition) is 3. The number of methoxy groups -OCH3 is 1. The maximum Gasteiger partial charge on any atom is 0.319 e. The van der Waals surface area contributed by atoms with E-state index in [4.69, 9.17) is 0 Å². The molecule has 1 aromatic carbocycles. The Balaban J connectivity index is 2.05. The summed E-state index contributed by atoms with van der Waals surface area (Å²) in [4.78, 5) is 11.1. The highest BCUT2D eigenvalue weighted by molar-refractivity contribution is 5.71. The smallest absolute Gasteiger partial charge is 0.319 e. The Morgan fingerprint density at radius 1 is 1.56 bits per heavy atom. The van der Waals surface area contributed by atoms with Gasteiger partial charge in [0.05, 0.1) is 13.7 Å². The first-order chi connectivity index (χ1) is 7.70. The van der Waals surface area contributed by atoms with E-state index >= 15 is 0 Å². The van der Waals surface area contributed by atoms with Crippen molar-refractivity contribution in [3.05, 3.63) is 34.9 Å². The zero-order valence-electron chi connectivity index (χ0n) is 9.75. The van der Waals surface area contributed by atoms with Gasteiger partial charge >= 0.3 is 5.97 Å². The van der Waals surface area contributed by atoms with Gasteiger partial charge in [0, 0.05) is 6.04 Å². The molecular weight excluding hydrogens is 202 g/mol. The van der Waals surface area contributed by atoms with Gasteiger partial charge in [-0.2, -0.15) is 0 Å². The number of nitrogens with one attached hydrogen (secondary N) is 1. The van der Waals surface area contributed by atoms with Crippen molar-refractivity contribution in [2.24, 2.45) is 0 Å². The number of carbonyl (C=O) groups excluding carboxylic acids is 1. The highest BCUT2D eigenvalue weighted by Crippen LogP contribution is 2.31. The van der Waals surface area contributed by atoms with E-state index in [1.807, 2.05) is 0 Å². The second-order valence-electron chi connectivity index (χ2n) is 4.25. The van der Waals surface area contributed by atoms with Gasteiger partial charge in [0.1, 0.15) is 0 Å². The predicted octanol–water partition coefficient (Wildman–Crippen LogP) is 1.74. The SMILES string of the molecule is COC(=O)CNC1CCc2ccc(C)cc21. The van der Waals surface area contributed by atoms with Crippen LogP contribution in [0.25, 0.3) is 0 Å². The molecule has 1 aromatic rings. The summed E-state index contributed by atoms with van der Waals surface area (Å²) in [6.45, 7) is 2.38. The second kappa shape index (κ2) is 4.66. The molecule has 1 atom stereocenters. The molecule has 0 aliphatic heterocycles. The first kappa shape index (κ1) is 11.1. The second-order valence-corrected chi connectivity index (χ2v) is 4.25. The highest BCUT2D eigenvalue weighted by Gasteiger charge is 2.22. The molecule has 0 spiro atoms. The summed E-state index contributed by atoms with van der Waals surface area (Å²) in [5.41, 5.74) is 4.00. The van der Waals surface area contributed by atoms with Gasteiger partial charge in [-0.15, -0.1) is 0 Å². The van der Waals surface area contributed by atoms with Gasteiger partial charge in [0.15, 0.2) is 0 Å². The van der Waals surface area contributed by atoms with Crippen molar-refractivity contribution in [2.45, 2.75) is 25.8 Å². The molecular formula is C13H17NO2. The fourth-order valence-electron chi connectivity index (χ4n) is 2.21. The summed E-state index contributed by atoms with van der Waals surface area (Å²) in [7, 11) is 1.41. The van der Waals surface area contributed by atoms with E-state index in [0.29, 0.717) is 6.04 Å². The lowest BCUT2D eigenvalue weighted by Gasteiger charge is -2.13. The van der Waals surface area contributed by atoms with Gasteiger partial charge in [-0.05, 0) is 30.9 Å². The maximum atomic E-state index is 11.1. The lowest BCUT2D eigenvalue weighted by molar-refractivity contribution is -0.139. The Morgan fingerprint density at radius 2 is 2.38 bits per heavy atom. The van der Waals surface area contributed by atoms with Crippen LogP contribution in [-0.4, -0.2) is 19.6 Å². The molecule has 3 heteroatoms. The molecule has 0 radical (unpaired) electrons. The summed E-state index contributed by atoms with van der Waals surface area (Å²) < 4.78 is 4.62. The number of aryl methyl sites for hydroxylation is 2. The van der Waals surface area contributed by atoms with E-state index < -0.39 is 0 Å². The summed E-state index contributed by atoms with van der Waals surface area (Å²) in [6, 6.07) is 6.83. The molecule has 1 unspecified atom stereocenters. The van der Waals surface area contributed by atoms with Gasteiger partial charge in [0.25, 0.3) is 0 Å². The van der Waals surface area contributed by atoms with Gasteiger partial charge in [-0.1, -0.05) is 23.8 Å². The number of esters is 1. The van der Waals surface area contributed by atoms with Crippen molar-refractivity contribution in [1.82, 2.24) is 5.32 Å². The van der Waals surface area contributed by atoms with Crippen LogP contribution in [0.4, 0.5) is 0 Å². The van der Waals surface area contributed by atoms with Gasteiger partial charge in [-0.3, -0.25) is 4.79 Å². The Morgan fingerprint density at radius 3 is 3.12 bits per heavy atom. The van der Waals surface area contributed by atoms with Crippen molar-refractivity contribution in [3.63, 3.8) is 0 Å². The minimum Gasteiger partial charge on any atom is -0.468 e. The third kappa shape index (κ3) is 2.25. The monoisotopic (exact) mass is 219 g/mol. The number of carbonyl (C=O) groups is 1. The molecule has 0 bridgehead atoms. The van der Waals surface area contributed by atoms with Crippen LogP contribution in [0.5, 0.6) is 0 Å². The predicted molar refractivity (Wildman–Crippen MR) is 62.3 cm³/mol. The first-order valence-corrected chi connectivity index (χ1v) is 5.60. The lowest BCUT2D eigenvalue weighted by atomic mass is 10.1. The standard InChI is InChI=1S/C13H17NO2/c1-9-3-4-10-5-6-12(11(10)7-9)14-8-13(15)16-2/h3-4,7,12,14H,5-6,8H2,1-2H3. The fraction of sp³-hybridized carbons (Fsp3) is 0.462. The Labute approximate surface area is 95.8 Å². The van der Waals surface area contributed by atoms with E-state index in [0.717, 1.165) is 12.8 Å². The van der Waals surface area contributed by atoms with Crippen LogP contribution in [0.1, 0.15) is 29.2 Å². The van der Waals surface area contributed by atoms with Crippen molar-refractivity contribution in [3.8, 4) is 0 Å². The minimum absolute atomic E-state index is 0.207. The van der Waals surface area contributed by atoms with Gasteiger partial charge in [0.2, 0.25) is 0 Å². The van der Waals surface area contributed by atoms with Crippen molar-refractivity contribution in [2.75, 3.05) is 13.7 Å². The number of benzene rings is 1. The quantitative estimate of drug-likeness (QED) is 0.787. The lowest BCUT2D eigenvalue weighted by Crippen LogP contribution is -2.27. The molecule has 0 saturated carbocycles. The topological polar surface area (TPSA) is 38.3 Å². The normalized spacial score (nSPS) is 18.2. The molecule has 2 rings (SSSR count). The third-order valence-electron chi connectivity index (χ3n) is 3.10. The summed E-state index contributed by atoms with van der Waals surface area (Å²) in [5.74, 6) is -0.207. The molecule has 0 amide bonds. The Kier molecular flexibility index (Phi) is 3.25. The molecule has 16 heavy (non-hydrogen) atoms. The van der Waals surface area contributed by atoms with Crippen LogP contribution in [0.3, 0.4) is 0 Å². The average molecular weight is 219 g/mol. The molecule has 1 aliphatic carbocycles. The van der Waals surface area contributed by atoms with E-state index in [1.54, 1.807) is 0 Å². The Bertz CT molecular complexity index is 401. The van der Waals surface area contributed by atoms with Gasteiger partial charge in [-0.25, -0.2) is 0 Å². The molecule has 0 heterocycles. The zero-order chi connectivity index (χ0) is 11.5. The van der Waals surface area contributed by atoms with Crippen LogP contribution in [0, 0.1) is 6.92 Å².